The van der Waals surface area contributed by atoms with Gasteiger partial charge in [-0.3, -0.25) is 0 Å². The minimum atomic E-state index is -0.158. The number of rotatable bonds is 2. The highest BCUT2D eigenvalue weighted by molar-refractivity contribution is 14.2. The van der Waals surface area contributed by atoms with E-state index in [1.165, 1.54) is 20.9 Å². The van der Waals surface area contributed by atoms with Crippen LogP contribution in [-0.2, 0) is 0 Å². The van der Waals surface area contributed by atoms with Gasteiger partial charge in [-0.1, -0.05) is 28.5 Å². The fraction of sp³-hybridized carbons (Fsp3) is 0.467. The van der Waals surface area contributed by atoms with E-state index >= 15 is 0 Å². The van der Waals surface area contributed by atoms with Gasteiger partial charge in [-0.15, -0.1) is 11.3 Å². The van der Waals surface area contributed by atoms with E-state index in [0.717, 1.165) is 19.3 Å². The molecule has 2 aliphatic carbocycles. The maximum absolute atomic E-state index is 10.1. The van der Waals surface area contributed by atoms with Crippen molar-refractivity contribution >= 4 is 47.0 Å². The molecule has 1 heterocycles. The van der Waals surface area contributed by atoms with Gasteiger partial charge in [-0.2, -0.15) is 0 Å². The quantitative estimate of drug-likeness (QED) is 0.677. The van der Waals surface area contributed by atoms with Crippen molar-refractivity contribution in [2.24, 2.45) is 11.3 Å². The van der Waals surface area contributed by atoms with Crippen molar-refractivity contribution < 1.29 is 5.11 Å². The van der Waals surface area contributed by atoms with Crippen molar-refractivity contribution in [3.63, 3.8) is 0 Å². The molecule has 102 valence electrons. The number of halogens is 1. The van der Waals surface area contributed by atoms with Gasteiger partial charge in [0.1, 0.15) is 0 Å². The van der Waals surface area contributed by atoms with Crippen LogP contribution in [0.1, 0.15) is 31.1 Å². The van der Waals surface area contributed by atoms with Crippen LogP contribution in [0.2, 0.25) is 0 Å². The molecule has 0 amide bonds. The van der Waals surface area contributed by atoms with Gasteiger partial charge in [0.15, 0.2) is 0 Å². The normalized spacial score (nSPS) is 34.8. The molecule has 1 N–H and O–H groups in total. The first-order valence-electron chi connectivity index (χ1n) is 6.48. The fourth-order valence-electron chi connectivity index (χ4n) is 3.67. The van der Waals surface area contributed by atoms with Crippen molar-refractivity contribution in [3.05, 3.63) is 39.4 Å². The molecule has 3 rings (SSSR count). The molecule has 2 aliphatic rings. The number of fused-ring (bicyclic) bond motifs is 1. The fourth-order valence-corrected chi connectivity index (χ4v) is 6.40. The van der Waals surface area contributed by atoms with Gasteiger partial charge >= 0.3 is 0 Å². The number of aliphatic hydroxyl groups is 1. The van der Waals surface area contributed by atoms with Crippen LogP contribution in [0.4, 0.5) is 0 Å². The number of aliphatic hydroxyl groups excluding tert-OH is 1. The van der Waals surface area contributed by atoms with Gasteiger partial charge in [0.05, 0.1) is 6.10 Å². The van der Waals surface area contributed by atoms with Crippen molar-refractivity contribution in [1.29, 1.82) is 0 Å². The number of hydrogen-bond donors (Lipinski definition) is 1. The first-order valence-corrected chi connectivity index (χ1v) is 10.7. The molecule has 0 bridgehead atoms. The molecular weight excluding hydrogens is 387 g/mol. The zero-order chi connectivity index (χ0) is 13.6. The largest absolute Gasteiger partial charge is 0.393 e. The first-order chi connectivity index (χ1) is 9.05. The van der Waals surface area contributed by atoms with E-state index < -0.39 is 0 Å². The highest BCUT2D eigenvalue weighted by atomic mass is 127. The van der Waals surface area contributed by atoms with Gasteiger partial charge < -0.3 is 5.11 Å². The Morgan fingerprint density at radius 3 is 3.00 bits per heavy atom. The summed E-state index contributed by atoms with van der Waals surface area (Å²) in [5.41, 5.74) is 2.79. The zero-order valence-electron chi connectivity index (χ0n) is 10.9. The van der Waals surface area contributed by atoms with E-state index in [2.05, 4.69) is 52.2 Å². The molecule has 3 atom stereocenters. The van der Waals surface area contributed by atoms with Crippen molar-refractivity contribution in [2.75, 3.05) is 0 Å². The van der Waals surface area contributed by atoms with E-state index in [4.69, 9.17) is 0 Å². The van der Waals surface area contributed by atoms with Gasteiger partial charge in [0.2, 0.25) is 0 Å². The summed E-state index contributed by atoms with van der Waals surface area (Å²) < 4.78 is 0. The van der Waals surface area contributed by atoms with Crippen LogP contribution in [0.3, 0.4) is 0 Å². The van der Waals surface area contributed by atoms with Crippen LogP contribution in [0.25, 0.3) is 5.57 Å². The third kappa shape index (κ3) is 2.34. The lowest BCUT2D eigenvalue weighted by Crippen LogP contribution is -2.28. The molecule has 0 spiro atoms. The second-order valence-corrected chi connectivity index (χ2v) is 8.77. The number of hydrogen-bond acceptors (Lipinski definition) is 3. The minimum Gasteiger partial charge on any atom is -0.393 e. The average molecular weight is 404 g/mol. The first kappa shape index (κ1) is 14.2. The molecule has 0 unspecified atom stereocenters. The Balaban J connectivity index is 2.08. The second-order valence-electron chi connectivity index (χ2n) is 5.85. The predicted octanol–water partition coefficient (Wildman–Crippen LogP) is 5.28. The summed E-state index contributed by atoms with van der Waals surface area (Å²) in [7, 11) is 1.82. The Bertz CT molecular complexity index is 534. The number of allylic oxidation sites excluding steroid dienone is 3. The summed E-state index contributed by atoms with van der Waals surface area (Å²) >= 11 is 4.17. The van der Waals surface area contributed by atoms with Crippen molar-refractivity contribution in [3.8, 4) is 0 Å². The summed E-state index contributed by atoms with van der Waals surface area (Å²) in [4.78, 5) is 2.76. The lowest BCUT2D eigenvalue weighted by molar-refractivity contribution is 0.163. The standard InChI is InChI=1S/C15H17IOS2/c1-9-11-6-10(17)7-15(11,2)8-13(19-16)14(9)12-4-3-5-18-12/h3-5,10-11,17H,1,6-8H2,2H3/t10-,11+,15+/m0/s1. The van der Waals surface area contributed by atoms with Crippen LogP contribution in [0.15, 0.2) is 34.6 Å². The zero-order valence-corrected chi connectivity index (χ0v) is 14.6. The molecule has 0 radical (unpaired) electrons. The topological polar surface area (TPSA) is 20.2 Å². The Morgan fingerprint density at radius 2 is 2.37 bits per heavy atom. The lowest BCUT2D eigenvalue weighted by atomic mass is 9.68. The van der Waals surface area contributed by atoms with Crippen LogP contribution < -0.4 is 0 Å². The summed E-state index contributed by atoms with van der Waals surface area (Å²) in [5.74, 6) is 0.437. The second kappa shape index (κ2) is 5.20. The van der Waals surface area contributed by atoms with E-state index in [1.807, 2.05) is 8.93 Å². The highest BCUT2D eigenvalue weighted by Gasteiger charge is 2.48. The molecule has 1 aromatic heterocycles. The SMILES string of the molecule is C=C1C(c2cccs2)=C(SI)C[C@@]2(C)C[C@@H](O)C[C@H]12. The van der Waals surface area contributed by atoms with E-state index in [9.17, 15) is 5.11 Å². The van der Waals surface area contributed by atoms with Gasteiger partial charge in [0, 0.05) is 36.6 Å². The Labute approximate surface area is 134 Å². The molecule has 0 aromatic carbocycles. The van der Waals surface area contributed by atoms with Gasteiger partial charge in [0.25, 0.3) is 0 Å². The Morgan fingerprint density at radius 1 is 1.58 bits per heavy atom. The van der Waals surface area contributed by atoms with Crippen LogP contribution >= 0.6 is 41.5 Å². The molecule has 0 aliphatic heterocycles. The molecular formula is C15H17IOS2. The Kier molecular flexibility index (Phi) is 3.88. The van der Waals surface area contributed by atoms with Crippen LogP contribution in [0.5, 0.6) is 0 Å². The molecule has 1 fully saturated rings. The summed E-state index contributed by atoms with van der Waals surface area (Å²) in [6, 6.07) is 4.29. The van der Waals surface area contributed by atoms with Gasteiger partial charge in [-0.05, 0) is 47.6 Å². The lowest BCUT2D eigenvalue weighted by Gasteiger charge is -2.39. The summed E-state index contributed by atoms with van der Waals surface area (Å²) in [6.07, 6.45) is 2.71. The maximum atomic E-state index is 10.1. The monoisotopic (exact) mass is 404 g/mol. The Hall–Kier alpha value is 0.220. The number of thiophene rings is 1. The van der Waals surface area contributed by atoms with Crippen LogP contribution in [-0.4, -0.2) is 11.2 Å². The van der Waals surface area contributed by atoms with E-state index in [-0.39, 0.29) is 11.5 Å². The maximum Gasteiger partial charge on any atom is 0.0551 e. The molecule has 0 saturated heterocycles. The molecule has 1 nitrogen and oxygen atoms in total. The van der Waals surface area contributed by atoms with Crippen molar-refractivity contribution in [1.82, 2.24) is 0 Å². The smallest absolute Gasteiger partial charge is 0.0551 e. The summed E-state index contributed by atoms with van der Waals surface area (Å²) in [5, 5.41) is 12.2. The van der Waals surface area contributed by atoms with Crippen molar-refractivity contribution in [2.45, 2.75) is 32.3 Å². The molecule has 1 aromatic rings. The summed E-state index contributed by atoms with van der Waals surface area (Å²) in [6.45, 7) is 6.71. The average Bonchev–Trinajstić information content (AvgIpc) is 2.96. The third-order valence-electron chi connectivity index (χ3n) is 4.50. The molecule has 1 saturated carbocycles. The highest BCUT2D eigenvalue weighted by Crippen LogP contribution is 2.60. The minimum absolute atomic E-state index is 0.158. The van der Waals surface area contributed by atoms with E-state index in [0.29, 0.717) is 5.92 Å². The predicted molar refractivity (Wildman–Crippen MR) is 93.4 cm³/mol. The van der Waals surface area contributed by atoms with Gasteiger partial charge in [-0.25, -0.2) is 0 Å². The molecule has 19 heavy (non-hydrogen) atoms. The van der Waals surface area contributed by atoms with E-state index in [1.54, 1.807) is 11.3 Å². The van der Waals surface area contributed by atoms with Crippen LogP contribution in [0, 0.1) is 11.3 Å². The molecule has 4 heteroatoms. The third-order valence-corrected chi connectivity index (χ3v) is 7.51.